The maximum Gasteiger partial charge on any atom is 1.00 e. The molecular formula is C88H111LiN22O23. The fourth-order valence-corrected chi connectivity index (χ4v) is 15.3. The van der Waals surface area contributed by atoms with Crippen LogP contribution in [0.1, 0.15) is 168 Å². The van der Waals surface area contributed by atoms with E-state index in [9.17, 15) is 67.6 Å². The van der Waals surface area contributed by atoms with Gasteiger partial charge in [0.2, 0.25) is 76.7 Å². The van der Waals surface area contributed by atoms with E-state index in [0.717, 1.165) is 68.7 Å². The molecule has 3 saturated heterocycles. The summed E-state index contributed by atoms with van der Waals surface area (Å²) < 4.78 is 30.2. The van der Waals surface area contributed by atoms with Gasteiger partial charge in [-0.15, -0.1) is 0 Å². The molecule has 0 unspecified atom stereocenters. The Bertz CT molecular complexity index is 5760. The number of piperidine rings is 3. The molecule has 0 spiro atoms. The monoisotopic (exact) mass is 1850 g/mol. The topological polar surface area (TPSA) is 721 Å². The van der Waals surface area contributed by atoms with Crippen molar-refractivity contribution in [2.75, 3.05) is 62.3 Å². The molecule has 10 aromatic rings. The maximum atomic E-state index is 13.1. The van der Waals surface area contributed by atoms with Crippen molar-refractivity contribution in [3.8, 4) is 35.5 Å². The van der Waals surface area contributed by atoms with E-state index >= 15 is 0 Å². The van der Waals surface area contributed by atoms with Crippen molar-refractivity contribution in [1.82, 2.24) is 92.4 Å². The molecule has 3 aliphatic carbocycles. The molecule has 6 fully saturated rings. The molecule has 0 bridgehead atoms. The van der Waals surface area contributed by atoms with Crippen molar-refractivity contribution in [2.45, 2.75) is 152 Å². The SMILES string of the molecule is COC(=O)c1cc2c(OC)nccc2[nH]1.COc1nccc2[nH]c(C(=O)N[C@@H](CC3CC3)C(=O)N[C@@H](C[C@@H]3CCCNC3=O)C(N)=O)cc12.COc1nccc2[nH]c(C(=O)N[C@@H](CC3CC3)C(=O)N[C@H](C#N)C[C@@H]3CCCNC3=O)cc12.COc1nccc2[nH]c(C(=O)O)cc12.COc1nccc2[nH]c(C(=O)O)cc12.NC(=O)[C@H](C[C@@H]1CCCNC1=O)NC(=O)[C@@H](N)CC1CC1.O.[Li+].[OH-]. The van der Waals surface area contributed by atoms with Crippen molar-refractivity contribution in [3.05, 3.63) is 120 Å². The van der Waals surface area contributed by atoms with Gasteiger partial charge in [-0.05, 0) is 155 Å². The number of aromatic carboxylic acids is 2. The molecule has 13 heterocycles. The van der Waals surface area contributed by atoms with Crippen LogP contribution in [0.3, 0.4) is 0 Å². The van der Waals surface area contributed by atoms with Crippen LogP contribution in [0.15, 0.2) is 91.6 Å². The summed E-state index contributed by atoms with van der Waals surface area (Å²) in [7, 11) is 8.87. The Balaban J connectivity index is 0.000000205. The summed E-state index contributed by atoms with van der Waals surface area (Å²) in [6.45, 7) is 1.91. The zero-order valence-electron chi connectivity index (χ0n) is 75.0. The maximum absolute atomic E-state index is 13.1. The van der Waals surface area contributed by atoms with Crippen molar-refractivity contribution in [1.29, 1.82) is 5.26 Å². The number of amides is 10. The largest absolute Gasteiger partial charge is 1.00 e. The van der Waals surface area contributed by atoms with Crippen molar-refractivity contribution < 1.29 is 131 Å². The summed E-state index contributed by atoms with van der Waals surface area (Å²) in [6, 6.07) is 13.8. The number of aromatic nitrogens is 10. The third-order valence-corrected chi connectivity index (χ3v) is 22.8. The zero-order chi connectivity index (χ0) is 94.1. The number of pyridine rings is 5. The van der Waals surface area contributed by atoms with Crippen LogP contribution < -0.4 is 102 Å². The first kappa shape index (κ1) is 105. The minimum Gasteiger partial charge on any atom is -0.870 e. The number of carbonyl (C=O) groups is 13. The first-order valence-electron chi connectivity index (χ1n) is 42.7. The molecule has 0 aromatic carbocycles. The molecule has 0 radical (unpaired) electrons. The van der Waals surface area contributed by atoms with Crippen LogP contribution >= 0.6 is 0 Å². The molecule has 134 heavy (non-hydrogen) atoms. The second-order valence-corrected chi connectivity index (χ2v) is 32.3. The van der Waals surface area contributed by atoms with Gasteiger partial charge in [0.1, 0.15) is 58.7 Å². The van der Waals surface area contributed by atoms with E-state index in [-0.39, 0.29) is 102 Å². The molecular weight excluding hydrogens is 1740 g/mol. The number of nitriles is 1. The summed E-state index contributed by atoms with van der Waals surface area (Å²) >= 11 is 0. The number of carboxylic acid groups (broad SMARTS) is 2. The number of esters is 1. The Morgan fingerprint density at radius 2 is 0.709 bits per heavy atom. The van der Waals surface area contributed by atoms with Crippen LogP contribution in [0.25, 0.3) is 54.5 Å². The molecule has 24 N–H and O–H groups in total. The standard InChI is InChI=1S/C23H30N6O5.C23H28N6O4.C14H24N4O3.C10H10N2O3.2C9H8N2O3.Li.2H2O/c1-34-23-14-11-18(27-15(14)6-8-26-23)22(33)29-17(9-12-4-5-12)21(32)28-16(19(24)30)10-13-3-2-7-25-20(13)31;1-33-23-16-11-19(28-17(16)6-8-26-23)22(32)29-18(9-13-4-5-13)21(31)27-15(12-24)10-14-3-2-7-25-20(14)30;15-10(6-8-3-4-8)14(21)18-11(12(16)19)7-9-2-1-5-17-13(9)20;1-14-9-6-5-8(10(13)15-2)12-7(6)3-4-11-9;2*1-14-8-5-4-7(9(12)13)11-6(5)2-3-10-8;;;/h6,8,11-13,16-17,27H,2-5,7,9-10H2,1H3,(H2,24,30)(H,25,31)(H,28,32)(H,29,33);6,8,11,13-15,18,28H,2-5,7,9-10H2,1H3,(H,25,30)(H,27,31)(H,29,32);8-11H,1-7,15H2,(H2,16,19)(H,17,20)(H,18,21);3-5,12H,1-2H3;2*2-4,11H,1H3,(H,12,13);;2*1H2/q;;;;;;+1;;/p-1/t13-,16-,17-;14-,15-,18-;9-,10-,11-;;;;;;/m000....../s1. The van der Waals surface area contributed by atoms with E-state index in [1.165, 1.54) is 54.8 Å². The minimum absolute atomic E-state index is 0. The van der Waals surface area contributed by atoms with Crippen molar-refractivity contribution >= 4 is 131 Å². The number of aromatic amines is 5. The van der Waals surface area contributed by atoms with Gasteiger partial charge in [-0.1, -0.05) is 38.5 Å². The number of H-pyrrole nitrogens is 5. The Morgan fingerprint density at radius 3 is 1.01 bits per heavy atom. The van der Waals surface area contributed by atoms with Crippen LogP contribution in [0.5, 0.6) is 29.4 Å². The third kappa shape index (κ3) is 28.8. The molecule has 3 saturated carbocycles. The van der Waals surface area contributed by atoms with Crippen LogP contribution in [0, 0.1) is 46.8 Å². The third-order valence-electron chi connectivity index (χ3n) is 22.8. The number of ether oxygens (including phenoxy) is 6. The number of hydrogen-bond donors (Lipinski definition) is 18. The van der Waals surface area contributed by atoms with Crippen LogP contribution in [-0.2, 0) is 43.1 Å². The number of carbonyl (C=O) groups excluding carboxylic acids is 11. The average molecular weight is 1850 g/mol. The number of nitrogens with zero attached hydrogens (tertiary/aromatic N) is 6. The number of nitrogens with one attached hydrogen (secondary N) is 13. The fraction of sp³-hybridized carbons (Fsp3) is 0.443. The molecule has 712 valence electrons. The van der Waals surface area contributed by atoms with Gasteiger partial charge in [-0.3, -0.25) is 47.9 Å². The van der Waals surface area contributed by atoms with Gasteiger partial charge >= 0.3 is 36.8 Å². The number of rotatable bonds is 32. The minimum atomic E-state index is -0.997. The molecule has 46 heteroatoms. The number of methoxy groups -OCH3 is 6. The molecule has 6 aliphatic rings. The van der Waals surface area contributed by atoms with E-state index in [0.29, 0.717) is 160 Å². The van der Waals surface area contributed by atoms with Gasteiger partial charge in [-0.2, -0.15) is 5.26 Å². The summed E-state index contributed by atoms with van der Waals surface area (Å²) in [6.07, 6.45) is 20.9. The Kier molecular flexibility index (Phi) is 38.9. The quantitative estimate of drug-likeness (QED) is 0.0203. The van der Waals surface area contributed by atoms with Gasteiger partial charge in [0.05, 0.1) is 109 Å². The van der Waals surface area contributed by atoms with Crippen molar-refractivity contribution in [3.63, 3.8) is 0 Å². The van der Waals surface area contributed by atoms with E-state index < -0.39 is 95.5 Å². The number of carboxylic acids is 2. The first-order chi connectivity index (χ1) is 63.0. The Hall–Kier alpha value is -14.5. The van der Waals surface area contributed by atoms with Gasteiger partial charge in [0, 0.05) is 68.4 Å². The van der Waals surface area contributed by atoms with E-state index in [4.69, 9.17) is 51.1 Å². The predicted octanol–water partition coefficient (Wildman–Crippen LogP) is 0.651. The molecule has 10 amide bonds. The summed E-state index contributed by atoms with van der Waals surface area (Å²) in [5, 5.41) is 52.4. The Morgan fingerprint density at radius 1 is 0.418 bits per heavy atom. The molecule has 3 aliphatic heterocycles. The smallest absolute Gasteiger partial charge is 0.870 e. The van der Waals surface area contributed by atoms with Gasteiger partial charge in [0.25, 0.3) is 11.8 Å². The van der Waals surface area contributed by atoms with E-state index in [2.05, 4.69) is 103 Å². The van der Waals surface area contributed by atoms with Gasteiger partial charge in [-0.25, -0.2) is 39.3 Å². The first-order valence-corrected chi connectivity index (χ1v) is 42.7. The molecule has 10 aromatic heterocycles. The molecule has 16 rings (SSSR count). The van der Waals surface area contributed by atoms with Crippen molar-refractivity contribution in [2.24, 2.45) is 52.7 Å². The summed E-state index contributed by atoms with van der Waals surface area (Å²) in [5.74, 6) is -3.79. The van der Waals surface area contributed by atoms with Crippen LogP contribution in [0.4, 0.5) is 0 Å². The number of hydrogen-bond acceptors (Lipinski definition) is 27. The van der Waals surface area contributed by atoms with E-state index in [1.54, 1.807) is 79.5 Å². The number of nitrogens with two attached hydrogens (primary N) is 3. The predicted molar refractivity (Wildman–Crippen MR) is 477 cm³/mol. The molecule has 9 atom stereocenters. The number of primary amides is 2. The summed E-state index contributed by atoms with van der Waals surface area (Å²) in [4.78, 5) is 191. The fourth-order valence-electron chi connectivity index (χ4n) is 15.3. The van der Waals surface area contributed by atoms with Gasteiger partial charge in [0.15, 0.2) is 0 Å². The van der Waals surface area contributed by atoms with E-state index in [1.807, 2.05) is 0 Å². The van der Waals surface area contributed by atoms with Crippen LogP contribution in [0.2, 0.25) is 0 Å². The Labute approximate surface area is 778 Å². The van der Waals surface area contributed by atoms with Gasteiger partial charge < -0.3 is 134 Å². The average Bonchev–Trinajstić information content (AvgIpc) is 1.68. The second-order valence-electron chi connectivity index (χ2n) is 32.3. The normalized spacial score (nSPS) is 17.1. The molecule has 45 nitrogen and oxygen atoms in total. The second kappa shape index (κ2) is 49.7. The summed E-state index contributed by atoms with van der Waals surface area (Å²) in [5.41, 5.74) is 21.5. The number of fused-ring (bicyclic) bond motifs is 5. The van der Waals surface area contributed by atoms with Crippen LogP contribution in [-0.4, -0.2) is 247 Å². The zero-order valence-corrected chi connectivity index (χ0v) is 75.0.